The van der Waals surface area contributed by atoms with Crippen molar-refractivity contribution in [2.24, 2.45) is 5.92 Å². The van der Waals surface area contributed by atoms with Crippen LogP contribution in [-0.4, -0.2) is 55.8 Å². The van der Waals surface area contributed by atoms with Gasteiger partial charge in [0.25, 0.3) is 0 Å². The summed E-state index contributed by atoms with van der Waals surface area (Å²) in [6, 6.07) is -0.911. The van der Waals surface area contributed by atoms with Gasteiger partial charge < -0.3 is 15.7 Å². The largest absolute Gasteiger partial charge is 0.391 e. The molecule has 0 bridgehead atoms. The van der Waals surface area contributed by atoms with Crippen molar-refractivity contribution in [1.82, 2.24) is 30.8 Å². The van der Waals surface area contributed by atoms with Gasteiger partial charge in [0.1, 0.15) is 12.4 Å². The van der Waals surface area contributed by atoms with Crippen molar-refractivity contribution in [3.63, 3.8) is 0 Å². The van der Waals surface area contributed by atoms with Crippen LogP contribution in [0.4, 0.5) is 0 Å². The van der Waals surface area contributed by atoms with Gasteiger partial charge in [0.2, 0.25) is 11.8 Å². The van der Waals surface area contributed by atoms with Gasteiger partial charge in [-0.3, -0.25) is 9.59 Å². The summed E-state index contributed by atoms with van der Waals surface area (Å²) in [5.74, 6) is -0.542. The number of hydrogen-bond donors (Lipinski definition) is 3. The number of nitrogens with zero attached hydrogens (tertiary/aromatic N) is 4. The van der Waals surface area contributed by atoms with Gasteiger partial charge in [-0.2, -0.15) is 0 Å². The molecule has 9 nitrogen and oxygen atoms in total. The number of aromatic nitrogens is 4. The summed E-state index contributed by atoms with van der Waals surface area (Å²) in [6.07, 6.45) is 2.92. The molecule has 2 rings (SSSR count). The normalized spacial score (nSPS) is 17.0. The molecule has 21 heavy (non-hydrogen) atoms. The number of aliphatic hydroxyl groups is 1. The molecule has 9 heteroatoms. The van der Waals surface area contributed by atoms with Gasteiger partial charge in [0.15, 0.2) is 0 Å². The molecular weight excluding hydrogens is 276 g/mol. The van der Waals surface area contributed by atoms with Crippen LogP contribution >= 0.6 is 0 Å². The van der Waals surface area contributed by atoms with E-state index < -0.39 is 12.1 Å². The molecule has 1 aliphatic carbocycles. The average molecular weight is 296 g/mol. The number of amides is 2. The van der Waals surface area contributed by atoms with Gasteiger partial charge in [-0.15, -0.1) is 5.10 Å². The summed E-state index contributed by atoms with van der Waals surface area (Å²) in [5, 5.41) is 25.6. The van der Waals surface area contributed by atoms with Crippen LogP contribution in [-0.2, 0) is 16.1 Å². The van der Waals surface area contributed by atoms with Crippen LogP contribution in [0.3, 0.4) is 0 Å². The van der Waals surface area contributed by atoms with Crippen molar-refractivity contribution in [3.05, 3.63) is 6.33 Å². The van der Waals surface area contributed by atoms with Crippen molar-refractivity contribution >= 4 is 11.8 Å². The Hall–Kier alpha value is -2.03. The molecule has 0 spiro atoms. The number of carbonyl (C=O) groups is 2. The zero-order valence-corrected chi connectivity index (χ0v) is 11.9. The highest BCUT2D eigenvalue weighted by atomic mass is 16.3. The van der Waals surface area contributed by atoms with E-state index in [1.54, 1.807) is 4.68 Å². The van der Waals surface area contributed by atoms with Crippen molar-refractivity contribution < 1.29 is 14.7 Å². The Labute approximate surface area is 122 Å². The van der Waals surface area contributed by atoms with Crippen LogP contribution in [0.1, 0.15) is 26.2 Å². The number of rotatable bonds is 8. The van der Waals surface area contributed by atoms with Gasteiger partial charge in [-0.1, -0.05) is 0 Å². The van der Waals surface area contributed by atoms with Crippen LogP contribution in [0.25, 0.3) is 0 Å². The number of nitrogens with one attached hydrogen (secondary N) is 2. The van der Waals surface area contributed by atoms with Crippen LogP contribution < -0.4 is 10.6 Å². The summed E-state index contributed by atoms with van der Waals surface area (Å²) in [7, 11) is 0. The van der Waals surface area contributed by atoms with E-state index in [2.05, 4.69) is 26.2 Å². The van der Waals surface area contributed by atoms with Crippen LogP contribution in [0.15, 0.2) is 6.33 Å². The fourth-order valence-corrected chi connectivity index (χ4v) is 1.87. The third-order valence-corrected chi connectivity index (χ3v) is 3.27. The van der Waals surface area contributed by atoms with Crippen molar-refractivity contribution in [1.29, 1.82) is 0 Å². The summed E-state index contributed by atoms with van der Waals surface area (Å²) < 4.78 is 1.56. The SMILES string of the molecule is CC(O)C(NC(=O)C1CC1)C(=O)NCCCn1cnnn1. The van der Waals surface area contributed by atoms with Crippen molar-refractivity contribution in [3.8, 4) is 0 Å². The topological polar surface area (TPSA) is 122 Å². The number of hydrogen-bond acceptors (Lipinski definition) is 6. The lowest BCUT2D eigenvalue weighted by atomic mass is 10.1. The van der Waals surface area contributed by atoms with E-state index in [4.69, 9.17) is 0 Å². The molecule has 0 saturated heterocycles. The van der Waals surface area contributed by atoms with Gasteiger partial charge >= 0.3 is 0 Å². The predicted molar refractivity (Wildman–Crippen MR) is 71.8 cm³/mol. The van der Waals surface area contributed by atoms with E-state index in [0.717, 1.165) is 12.8 Å². The zero-order valence-electron chi connectivity index (χ0n) is 11.9. The first-order chi connectivity index (χ1) is 10.1. The van der Waals surface area contributed by atoms with Crippen LogP contribution in [0.5, 0.6) is 0 Å². The second-order valence-corrected chi connectivity index (χ2v) is 5.22. The molecule has 0 aliphatic heterocycles. The summed E-state index contributed by atoms with van der Waals surface area (Å²) in [4.78, 5) is 23.7. The molecule has 0 aromatic carbocycles. The maximum atomic E-state index is 12.0. The molecule has 1 fully saturated rings. The molecule has 1 saturated carbocycles. The minimum absolute atomic E-state index is 0.00105. The molecule has 2 unspecified atom stereocenters. The van der Waals surface area contributed by atoms with Gasteiger partial charge in [0, 0.05) is 19.0 Å². The summed E-state index contributed by atoms with van der Waals surface area (Å²) in [6.45, 7) is 2.49. The second kappa shape index (κ2) is 7.11. The molecule has 3 N–H and O–H groups in total. The smallest absolute Gasteiger partial charge is 0.245 e. The summed E-state index contributed by atoms with van der Waals surface area (Å²) in [5.41, 5.74) is 0. The standard InChI is InChI=1S/C12H20N6O3/c1-8(19)10(15-11(20)9-3-4-9)12(21)13-5-2-6-18-7-14-16-17-18/h7-10,19H,2-6H2,1H3,(H,13,21)(H,15,20). The van der Waals surface area contributed by atoms with E-state index in [1.165, 1.54) is 13.3 Å². The molecule has 1 aromatic heterocycles. The van der Waals surface area contributed by atoms with Crippen molar-refractivity contribution in [2.45, 2.75) is 44.9 Å². The van der Waals surface area contributed by atoms with E-state index >= 15 is 0 Å². The Morgan fingerprint density at radius 1 is 1.48 bits per heavy atom. The van der Waals surface area contributed by atoms with Gasteiger partial charge in [-0.05, 0) is 36.6 Å². The van der Waals surface area contributed by atoms with Crippen LogP contribution in [0, 0.1) is 5.92 Å². The quantitative estimate of drug-likeness (QED) is 0.499. The van der Waals surface area contributed by atoms with E-state index in [9.17, 15) is 14.7 Å². The lowest BCUT2D eigenvalue weighted by Crippen LogP contribution is -2.53. The van der Waals surface area contributed by atoms with Crippen molar-refractivity contribution in [2.75, 3.05) is 6.54 Å². The molecule has 0 radical (unpaired) electrons. The molecule has 1 heterocycles. The first-order valence-electron chi connectivity index (χ1n) is 7.05. The average Bonchev–Trinajstić information content (AvgIpc) is 3.17. The second-order valence-electron chi connectivity index (χ2n) is 5.22. The Bertz CT molecular complexity index is 471. The number of aliphatic hydroxyl groups excluding tert-OH is 1. The maximum Gasteiger partial charge on any atom is 0.245 e. The first-order valence-corrected chi connectivity index (χ1v) is 7.05. The third-order valence-electron chi connectivity index (χ3n) is 3.27. The fourth-order valence-electron chi connectivity index (χ4n) is 1.87. The summed E-state index contributed by atoms with van der Waals surface area (Å²) >= 11 is 0. The number of carbonyl (C=O) groups excluding carboxylic acids is 2. The van der Waals surface area contributed by atoms with E-state index in [1.807, 2.05) is 0 Å². The molecule has 2 atom stereocenters. The molecule has 2 amide bonds. The Morgan fingerprint density at radius 2 is 2.24 bits per heavy atom. The fraction of sp³-hybridized carbons (Fsp3) is 0.750. The third kappa shape index (κ3) is 4.78. The lowest BCUT2D eigenvalue weighted by molar-refractivity contribution is -0.132. The monoisotopic (exact) mass is 296 g/mol. The highest BCUT2D eigenvalue weighted by Gasteiger charge is 2.34. The van der Waals surface area contributed by atoms with Gasteiger partial charge in [-0.25, -0.2) is 4.68 Å². The highest BCUT2D eigenvalue weighted by Crippen LogP contribution is 2.28. The van der Waals surface area contributed by atoms with Gasteiger partial charge in [0.05, 0.1) is 6.10 Å². The Balaban J connectivity index is 1.71. The Kier molecular flexibility index (Phi) is 5.20. The maximum absolute atomic E-state index is 12.0. The zero-order chi connectivity index (χ0) is 15.2. The number of aryl methyl sites for hydroxylation is 1. The minimum atomic E-state index is -0.938. The van der Waals surface area contributed by atoms with Crippen LogP contribution in [0.2, 0.25) is 0 Å². The molecule has 1 aliphatic rings. The van der Waals surface area contributed by atoms with E-state index in [-0.39, 0.29) is 17.7 Å². The predicted octanol–water partition coefficient (Wildman–Crippen LogP) is -1.54. The highest BCUT2D eigenvalue weighted by molar-refractivity contribution is 5.89. The molecule has 116 valence electrons. The minimum Gasteiger partial charge on any atom is -0.391 e. The number of tetrazole rings is 1. The first kappa shape index (κ1) is 15.4. The lowest BCUT2D eigenvalue weighted by Gasteiger charge is -2.20. The molecular formula is C12H20N6O3. The molecule has 1 aromatic rings. The Morgan fingerprint density at radius 3 is 2.81 bits per heavy atom. The van der Waals surface area contributed by atoms with E-state index in [0.29, 0.717) is 19.5 Å².